The first-order valence-corrected chi connectivity index (χ1v) is 6.96. The minimum absolute atomic E-state index is 0.0890. The van der Waals surface area contributed by atoms with Gasteiger partial charge in [0.25, 0.3) is 0 Å². The maximum Gasteiger partial charge on any atom is 0.167 e. The maximum atomic E-state index is 12.5. The average molecular weight is 282 g/mol. The van der Waals surface area contributed by atoms with E-state index in [1.165, 1.54) is 0 Å². The molecule has 2 aliphatic rings. The van der Waals surface area contributed by atoms with Crippen LogP contribution in [0.4, 0.5) is 0 Å². The summed E-state index contributed by atoms with van der Waals surface area (Å²) in [5.74, 6) is -0.973. The molecule has 4 unspecified atom stereocenters. The lowest BCUT2D eigenvalue weighted by atomic mass is 9.75. The van der Waals surface area contributed by atoms with Crippen LogP contribution in [0.15, 0.2) is 22.8 Å². The van der Waals surface area contributed by atoms with E-state index in [2.05, 4.69) is 0 Å². The Hall–Kier alpha value is -1.01. The first kappa shape index (κ1) is 15.4. The summed E-state index contributed by atoms with van der Waals surface area (Å²) >= 11 is 0. The Morgan fingerprint density at radius 3 is 2.70 bits per heavy atom. The fraction of sp³-hybridized carbons (Fsp3) is 0.667. The van der Waals surface area contributed by atoms with Gasteiger partial charge < -0.3 is 20.1 Å². The van der Waals surface area contributed by atoms with Crippen LogP contribution >= 0.6 is 0 Å². The first-order chi connectivity index (χ1) is 9.43. The third-order valence-corrected chi connectivity index (χ3v) is 3.95. The van der Waals surface area contributed by atoms with E-state index in [0.717, 1.165) is 5.57 Å². The summed E-state index contributed by atoms with van der Waals surface area (Å²) in [5, 5.41) is 30.5. The molecule has 0 aromatic heterocycles. The molecule has 3 N–H and O–H groups in total. The number of carbonyl (C=O) groups is 1. The standard InChI is InChI=1S/C15H22O5/c1-8(2)3-4-9-13(17)12-10(15(19)14(9)18)7-20-6-5-11(12)16/h3,9,11,14-16,18-19H,4-7H2,1-2H3. The van der Waals surface area contributed by atoms with Gasteiger partial charge in [-0.1, -0.05) is 11.6 Å². The molecule has 1 heterocycles. The van der Waals surface area contributed by atoms with Crippen LogP contribution in [0.5, 0.6) is 0 Å². The molecule has 0 aromatic rings. The zero-order chi connectivity index (χ0) is 14.9. The smallest absolute Gasteiger partial charge is 0.167 e. The predicted molar refractivity (Wildman–Crippen MR) is 73.0 cm³/mol. The van der Waals surface area contributed by atoms with E-state index in [9.17, 15) is 20.1 Å². The summed E-state index contributed by atoms with van der Waals surface area (Å²) in [6.07, 6.45) is -0.649. The fourth-order valence-electron chi connectivity index (χ4n) is 2.77. The zero-order valence-electron chi connectivity index (χ0n) is 11.9. The highest BCUT2D eigenvalue weighted by atomic mass is 16.5. The summed E-state index contributed by atoms with van der Waals surface area (Å²) < 4.78 is 5.28. The quantitative estimate of drug-likeness (QED) is 0.636. The normalized spacial score (nSPS) is 34.5. The maximum absolute atomic E-state index is 12.5. The van der Waals surface area contributed by atoms with E-state index in [1.807, 2.05) is 19.9 Å². The SMILES string of the molecule is CC(C)=CCC1C(=O)C2=C(COCCC2O)C(O)C1O. The number of ether oxygens (including phenoxy) is 1. The molecule has 20 heavy (non-hydrogen) atoms. The Bertz CT molecular complexity index is 447. The number of ketones is 1. The second kappa shape index (κ2) is 6.18. The Kier molecular flexibility index (Phi) is 4.75. The number of carbonyl (C=O) groups excluding carboxylic acids is 1. The van der Waals surface area contributed by atoms with Gasteiger partial charge in [0.05, 0.1) is 24.7 Å². The van der Waals surface area contributed by atoms with Crippen LogP contribution in [0.25, 0.3) is 0 Å². The number of Topliss-reactive ketones (excluding diaryl/α,β-unsaturated/α-hetero) is 1. The second-order valence-electron chi connectivity index (χ2n) is 5.72. The predicted octanol–water partition coefficient (Wildman–Crippen LogP) is 0.341. The van der Waals surface area contributed by atoms with Gasteiger partial charge >= 0.3 is 0 Å². The summed E-state index contributed by atoms with van der Waals surface area (Å²) in [4.78, 5) is 12.5. The third-order valence-electron chi connectivity index (χ3n) is 3.95. The number of hydrogen-bond donors (Lipinski definition) is 3. The van der Waals surface area contributed by atoms with Gasteiger partial charge in [0.2, 0.25) is 0 Å². The van der Waals surface area contributed by atoms with Crippen molar-refractivity contribution in [2.24, 2.45) is 5.92 Å². The Morgan fingerprint density at radius 2 is 2.05 bits per heavy atom. The number of aliphatic hydroxyl groups excluding tert-OH is 3. The molecule has 2 rings (SSSR count). The summed E-state index contributed by atoms with van der Waals surface area (Å²) in [5.41, 5.74) is 1.62. The molecule has 0 bridgehead atoms. The van der Waals surface area contributed by atoms with Gasteiger partial charge in [-0.05, 0) is 25.8 Å². The minimum atomic E-state index is -1.15. The van der Waals surface area contributed by atoms with E-state index in [-0.39, 0.29) is 18.0 Å². The van der Waals surface area contributed by atoms with E-state index in [0.29, 0.717) is 25.0 Å². The van der Waals surface area contributed by atoms with Crippen LogP contribution in [0.2, 0.25) is 0 Å². The molecule has 5 nitrogen and oxygen atoms in total. The van der Waals surface area contributed by atoms with Crippen LogP contribution in [0.3, 0.4) is 0 Å². The van der Waals surface area contributed by atoms with Crippen molar-refractivity contribution in [3.63, 3.8) is 0 Å². The summed E-state index contributed by atoms with van der Waals surface area (Å²) in [7, 11) is 0. The van der Waals surface area contributed by atoms with Crippen molar-refractivity contribution >= 4 is 5.78 Å². The molecule has 1 aliphatic heterocycles. The summed E-state index contributed by atoms with van der Waals surface area (Å²) in [6.45, 7) is 4.25. The highest BCUT2D eigenvalue weighted by molar-refractivity contribution is 6.00. The molecule has 1 aliphatic carbocycles. The molecular formula is C15H22O5. The van der Waals surface area contributed by atoms with Crippen LogP contribution in [0.1, 0.15) is 26.7 Å². The van der Waals surface area contributed by atoms with Gasteiger partial charge in [0.15, 0.2) is 5.78 Å². The Labute approximate surface area is 118 Å². The molecule has 112 valence electrons. The van der Waals surface area contributed by atoms with Gasteiger partial charge in [-0.25, -0.2) is 0 Å². The third kappa shape index (κ3) is 2.86. The summed E-state index contributed by atoms with van der Waals surface area (Å²) in [6, 6.07) is 0. The van der Waals surface area contributed by atoms with Gasteiger partial charge in [-0.2, -0.15) is 0 Å². The van der Waals surface area contributed by atoms with Gasteiger partial charge in [-0.3, -0.25) is 4.79 Å². The van der Waals surface area contributed by atoms with Crippen LogP contribution in [0, 0.1) is 5.92 Å². The van der Waals surface area contributed by atoms with Crippen molar-refractivity contribution in [2.75, 3.05) is 13.2 Å². The van der Waals surface area contributed by atoms with E-state index >= 15 is 0 Å². The van der Waals surface area contributed by atoms with E-state index in [4.69, 9.17) is 4.74 Å². The molecular weight excluding hydrogens is 260 g/mol. The van der Waals surface area contributed by atoms with E-state index in [1.54, 1.807) is 0 Å². The number of aliphatic hydroxyl groups is 3. The van der Waals surface area contributed by atoms with Gasteiger partial charge in [-0.15, -0.1) is 0 Å². The van der Waals surface area contributed by atoms with E-state index < -0.39 is 24.2 Å². The lowest BCUT2D eigenvalue weighted by molar-refractivity contribution is -0.128. The first-order valence-electron chi connectivity index (χ1n) is 6.96. The van der Waals surface area contributed by atoms with Gasteiger partial charge in [0.1, 0.15) is 6.10 Å². The molecule has 0 aromatic carbocycles. The van der Waals surface area contributed by atoms with Crippen molar-refractivity contribution in [2.45, 2.75) is 45.0 Å². The molecule has 0 fully saturated rings. The van der Waals surface area contributed by atoms with Crippen molar-refractivity contribution in [3.05, 3.63) is 22.8 Å². The van der Waals surface area contributed by atoms with Crippen LogP contribution in [-0.4, -0.2) is 52.6 Å². The van der Waals surface area contributed by atoms with Crippen LogP contribution < -0.4 is 0 Å². The molecule has 0 saturated carbocycles. The lowest BCUT2D eigenvalue weighted by Crippen LogP contribution is -2.47. The minimum Gasteiger partial charge on any atom is -0.389 e. The number of hydrogen-bond acceptors (Lipinski definition) is 5. The largest absolute Gasteiger partial charge is 0.389 e. The Morgan fingerprint density at radius 1 is 1.35 bits per heavy atom. The lowest BCUT2D eigenvalue weighted by Gasteiger charge is -2.34. The number of allylic oxidation sites excluding steroid dienone is 2. The second-order valence-corrected chi connectivity index (χ2v) is 5.72. The molecule has 0 radical (unpaired) electrons. The highest BCUT2D eigenvalue weighted by Crippen LogP contribution is 2.34. The Balaban J connectivity index is 2.35. The average Bonchev–Trinajstić information content (AvgIpc) is 2.58. The topological polar surface area (TPSA) is 87.0 Å². The fourth-order valence-corrected chi connectivity index (χ4v) is 2.77. The monoisotopic (exact) mass is 282 g/mol. The van der Waals surface area contributed by atoms with Crippen molar-refractivity contribution in [3.8, 4) is 0 Å². The molecule has 5 heteroatoms. The van der Waals surface area contributed by atoms with Crippen LogP contribution in [-0.2, 0) is 9.53 Å². The molecule has 0 saturated heterocycles. The van der Waals surface area contributed by atoms with Crippen molar-refractivity contribution < 1.29 is 24.9 Å². The molecule has 0 spiro atoms. The zero-order valence-corrected chi connectivity index (χ0v) is 11.9. The van der Waals surface area contributed by atoms with Gasteiger partial charge in [0, 0.05) is 18.6 Å². The highest BCUT2D eigenvalue weighted by Gasteiger charge is 2.44. The van der Waals surface area contributed by atoms with Crippen molar-refractivity contribution in [1.82, 2.24) is 0 Å². The molecule has 4 atom stereocenters. The molecule has 0 amide bonds. The van der Waals surface area contributed by atoms with Crippen molar-refractivity contribution in [1.29, 1.82) is 0 Å². The number of rotatable bonds is 2.